The summed E-state index contributed by atoms with van der Waals surface area (Å²) in [6.07, 6.45) is 2.39. The molecule has 122 valence electrons. The van der Waals surface area contributed by atoms with Crippen LogP contribution >= 0.6 is 11.8 Å². The van der Waals surface area contributed by atoms with Gasteiger partial charge in [-0.1, -0.05) is 71.4 Å². The zero-order chi connectivity index (χ0) is 16.9. The van der Waals surface area contributed by atoms with Crippen molar-refractivity contribution in [1.29, 1.82) is 0 Å². The minimum atomic E-state index is -0.153. The third-order valence-corrected chi connectivity index (χ3v) is 4.75. The molecule has 1 heterocycles. The van der Waals surface area contributed by atoms with Crippen molar-refractivity contribution in [3.8, 4) is 0 Å². The van der Waals surface area contributed by atoms with Gasteiger partial charge in [-0.05, 0) is 31.4 Å². The Morgan fingerprint density at radius 3 is 2.62 bits per heavy atom. The highest BCUT2D eigenvalue weighted by Gasteiger charge is 2.30. The number of aryl methyl sites for hydroxylation is 2. The van der Waals surface area contributed by atoms with E-state index in [1.54, 1.807) is 6.21 Å². The van der Waals surface area contributed by atoms with E-state index >= 15 is 0 Å². The summed E-state index contributed by atoms with van der Waals surface area (Å²) in [5, 5.41) is 11.4. The van der Waals surface area contributed by atoms with Crippen LogP contribution in [0.15, 0.2) is 58.7 Å². The summed E-state index contributed by atoms with van der Waals surface area (Å²) >= 11 is 1.43. The monoisotopic (exact) mass is 337 g/mol. The van der Waals surface area contributed by atoms with E-state index in [2.05, 4.69) is 34.6 Å². The number of carbonyl (C=O) groups is 1. The molecule has 0 saturated carbocycles. The van der Waals surface area contributed by atoms with Gasteiger partial charge < -0.3 is 5.32 Å². The van der Waals surface area contributed by atoms with Crippen molar-refractivity contribution >= 4 is 29.1 Å². The quantitative estimate of drug-likeness (QED) is 0.686. The van der Waals surface area contributed by atoms with E-state index in [0.29, 0.717) is 11.6 Å². The summed E-state index contributed by atoms with van der Waals surface area (Å²) in [5.74, 6) is -0.00832. The maximum Gasteiger partial charge on any atom is 0.239 e. The highest BCUT2D eigenvalue weighted by atomic mass is 32.2. The Balaban J connectivity index is 1.63. The molecule has 4 nitrogen and oxygen atoms in total. The molecular formula is C19H19N3OS. The number of amides is 1. The summed E-state index contributed by atoms with van der Waals surface area (Å²) in [7, 11) is 0. The fourth-order valence-electron chi connectivity index (χ4n) is 2.54. The number of thioether (sulfide) groups is 1. The van der Waals surface area contributed by atoms with Crippen LogP contribution in [0.2, 0.25) is 0 Å². The van der Waals surface area contributed by atoms with Gasteiger partial charge in [-0.2, -0.15) is 5.10 Å². The highest BCUT2D eigenvalue weighted by Crippen LogP contribution is 2.23. The molecule has 0 aromatic heterocycles. The molecule has 1 unspecified atom stereocenters. The van der Waals surface area contributed by atoms with Crippen LogP contribution < -0.4 is 5.32 Å². The highest BCUT2D eigenvalue weighted by molar-refractivity contribution is 8.15. The van der Waals surface area contributed by atoms with E-state index in [1.807, 2.05) is 43.3 Å². The number of rotatable bonds is 4. The van der Waals surface area contributed by atoms with E-state index in [9.17, 15) is 4.79 Å². The van der Waals surface area contributed by atoms with Crippen LogP contribution in [0.25, 0.3) is 0 Å². The van der Waals surface area contributed by atoms with E-state index < -0.39 is 0 Å². The SMILES string of the molecule is Cc1cccc(C=NN=C2NC(=O)C(Cc3cccc(C)c3)S2)c1. The van der Waals surface area contributed by atoms with Crippen LogP contribution in [-0.2, 0) is 11.2 Å². The van der Waals surface area contributed by atoms with Crippen molar-refractivity contribution in [3.63, 3.8) is 0 Å². The van der Waals surface area contributed by atoms with Crippen molar-refractivity contribution in [2.45, 2.75) is 25.5 Å². The summed E-state index contributed by atoms with van der Waals surface area (Å²) in [5.41, 5.74) is 4.53. The van der Waals surface area contributed by atoms with E-state index in [1.165, 1.54) is 22.9 Å². The van der Waals surface area contributed by atoms with Gasteiger partial charge in [-0.3, -0.25) is 4.79 Å². The summed E-state index contributed by atoms with van der Waals surface area (Å²) in [4.78, 5) is 12.1. The Morgan fingerprint density at radius 1 is 1.12 bits per heavy atom. The molecule has 2 aromatic carbocycles. The standard InChI is InChI=1S/C19H19N3OS/c1-13-5-3-7-15(9-13)11-17-18(23)21-19(24-17)22-20-12-16-8-4-6-14(2)10-16/h3-10,12,17H,11H2,1-2H3,(H,21,22,23). The fourth-order valence-corrected chi connectivity index (χ4v) is 3.50. The number of hydrogen-bond donors (Lipinski definition) is 1. The molecule has 1 fully saturated rings. The first-order chi connectivity index (χ1) is 11.6. The van der Waals surface area contributed by atoms with Gasteiger partial charge in [0.15, 0.2) is 5.17 Å². The van der Waals surface area contributed by atoms with E-state index in [0.717, 1.165) is 11.1 Å². The third-order valence-electron chi connectivity index (χ3n) is 3.68. The molecular weight excluding hydrogens is 318 g/mol. The zero-order valence-electron chi connectivity index (χ0n) is 13.7. The Bertz CT molecular complexity index is 814. The predicted octanol–water partition coefficient (Wildman–Crippen LogP) is 3.47. The maximum absolute atomic E-state index is 12.1. The van der Waals surface area contributed by atoms with Gasteiger partial charge in [0.1, 0.15) is 0 Å². The lowest BCUT2D eigenvalue weighted by atomic mass is 10.1. The molecule has 24 heavy (non-hydrogen) atoms. The Hall–Kier alpha value is -2.40. The first kappa shape index (κ1) is 16.5. The Morgan fingerprint density at radius 2 is 1.88 bits per heavy atom. The van der Waals surface area contributed by atoms with Crippen LogP contribution in [-0.4, -0.2) is 22.5 Å². The second kappa shape index (κ2) is 7.45. The van der Waals surface area contributed by atoms with Gasteiger partial charge >= 0.3 is 0 Å². The fraction of sp³-hybridized carbons (Fsp3) is 0.211. The Labute approximate surface area is 146 Å². The molecule has 0 radical (unpaired) electrons. The van der Waals surface area contributed by atoms with Gasteiger partial charge in [0.2, 0.25) is 5.91 Å². The minimum Gasteiger partial charge on any atom is -0.303 e. The number of benzene rings is 2. The molecule has 5 heteroatoms. The molecule has 1 aliphatic heterocycles. The smallest absolute Gasteiger partial charge is 0.239 e. The number of nitrogens with zero attached hydrogens (tertiary/aromatic N) is 2. The van der Waals surface area contributed by atoms with Crippen LogP contribution in [0.5, 0.6) is 0 Å². The molecule has 2 aromatic rings. The van der Waals surface area contributed by atoms with Crippen LogP contribution in [0, 0.1) is 13.8 Å². The van der Waals surface area contributed by atoms with Crippen LogP contribution in [0.4, 0.5) is 0 Å². The van der Waals surface area contributed by atoms with Crippen molar-refractivity contribution < 1.29 is 4.79 Å². The van der Waals surface area contributed by atoms with Gasteiger partial charge in [0.25, 0.3) is 0 Å². The summed E-state index contributed by atoms with van der Waals surface area (Å²) < 4.78 is 0. The molecule has 0 spiro atoms. The average Bonchev–Trinajstić information content (AvgIpc) is 2.87. The Kier molecular flexibility index (Phi) is 5.11. The molecule has 0 aliphatic carbocycles. The second-order valence-electron chi connectivity index (χ2n) is 5.85. The first-order valence-electron chi connectivity index (χ1n) is 7.81. The number of nitrogens with one attached hydrogen (secondary N) is 1. The summed E-state index contributed by atoms with van der Waals surface area (Å²) in [6, 6.07) is 16.2. The molecule has 1 aliphatic rings. The zero-order valence-corrected chi connectivity index (χ0v) is 14.5. The van der Waals surface area contributed by atoms with Gasteiger partial charge in [-0.15, -0.1) is 5.10 Å². The van der Waals surface area contributed by atoms with Gasteiger partial charge in [0, 0.05) is 0 Å². The van der Waals surface area contributed by atoms with E-state index in [4.69, 9.17) is 0 Å². The largest absolute Gasteiger partial charge is 0.303 e. The lowest BCUT2D eigenvalue weighted by molar-refractivity contribution is -0.118. The first-order valence-corrected chi connectivity index (χ1v) is 8.69. The number of carbonyl (C=O) groups excluding carboxylic acids is 1. The molecule has 1 amide bonds. The predicted molar refractivity (Wildman–Crippen MR) is 101 cm³/mol. The lowest BCUT2D eigenvalue weighted by Gasteiger charge is -2.05. The van der Waals surface area contributed by atoms with Crippen LogP contribution in [0.1, 0.15) is 22.3 Å². The molecule has 1 atom stereocenters. The topological polar surface area (TPSA) is 53.8 Å². The van der Waals surface area contributed by atoms with Crippen molar-refractivity contribution in [3.05, 3.63) is 70.8 Å². The normalized spacial score (nSPS) is 19.2. The molecule has 3 rings (SSSR count). The molecule has 0 bridgehead atoms. The lowest BCUT2D eigenvalue weighted by Crippen LogP contribution is -2.25. The average molecular weight is 337 g/mol. The van der Waals surface area contributed by atoms with Crippen LogP contribution in [0.3, 0.4) is 0 Å². The minimum absolute atomic E-state index is 0.00832. The van der Waals surface area contributed by atoms with Crippen molar-refractivity contribution in [2.75, 3.05) is 0 Å². The van der Waals surface area contributed by atoms with Gasteiger partial charge in [-0.25, -0.2) is 0 Å². The third kappa shape index (κ3) is 4.32. The maximum atomic E-state index is 12.1. The van der Waals surface area contributed by atoms with Crippen molar-refractivity contribution in [1.82, 2.24) is 5.32 Å². The van der Waals surface area contributed by atoms with Gasteiger partial charge in [0.05, 0.1) is 11.5 Å². The number of amidine groups is 1. The summed E-state index contributed by atoms with van der Waals surface area (Å²) in [6.45, 7) is 4.09. The van der Waals surface area contributed by atoms with Crippen molar-refractivity contribution in [2.24, 2.45) is 10.2 Å². The second-order valence-corrected chi connectivity index (χ2v) is 7.04. The number of hydrogen-bond acceptors (Lipinski definition) is 4. The molecule has 1 saturated heterocycles. The van der Waals surface area contributed by atoms with E-state index in [-0.39, 0.29) is 11.2 Å². The molecule has 1 N–H and O–H groups in total.